The van der Waals surface area contributed by atoms with E-state index in [0.717, 1.165) is 30.0 Å². The molecule has 164 valence electrons. The van der Waals surface area contributed by atoms with Gasteiger partial charge < -0.3 is 14.2 Å². The van der Waals surface area contributed by atoms with Crippen LogP contribution in [-0.4, -0.2) is 67.9 Å². The van der Waals surface area contributed by atoms with Gasteiger partial charge in [0.25, 0.3) is 5.22 Å². The van der Waals surface area contributed by atoms with Crippen molar-refractivity contribution in [1.82, 2.24) is 30.0 Å². The first kappa shape index (κ1) is 20.8. The van der Waals surface area contributed by atoms with Crippen molar-refractivity contribution in [3.8, 4) is 0 Å². The van der Waals surface area contributed by atoms with Crippen LogP contribution in [0.5, 0.6) is 0 Å². The molecular formula is C21H21N7O2S2. The number of nitrogens with zero attached hydrogens (tertiary/aromatic N) is 7. The number of carbonyl (C=O) groups excluding carboxylic acids is 1. The van der Waals surface area contributed by atoms with Crippen molar-refractivity contribution in [2.75, 3.05) is 36.8 Å². The third-order valence-corrected chi connectivity index (χ3v) is 7.03. The summed E-state index contributed by atoms with van der Waals surface area (Å²) >= 11 is 2.97. The number of anilines is 1. The van der Waals surface area contributed by atoms with Crippen molar-refractivity contribution in [2.24, 2.45) is 0 Å². The second-order valence-corrected chi connectivity index (χ2v) is 9.28. The molecule has 0 aliphatic carbocycles. The molecule has 1 aromatic carbocycles. The molecule has 1 amide bonds. The van der Waals surface area contributed by atoms with Crippen LogP contribution < -0.4 is 4.90 Å². The monoisotopic (exact) mass is 467 g/mol. The Morgan fingerprint density at radius 1 is 1.03 bits per heavy atom. The molecule has 1 saturated heterocycles. The Hall–Kier alpha value is -3.05. The second-order valence-electron chi connectivity index (χ2n) is 7.24. The Balaban J connectivity index is 1.08. The maximum Gasteiger partial charge on any atom is 0.277 e. The summed E-state index contributed by atoms with van der Waals surface area (Å²) < 4.78 is 6.89. The minimum atomic E-state index is 0.0675. The van der Waals surface area contributed by atoms with Crippen molar-refractivity contribution in [1.29, 1.82) is 0 Å². The SMILES string of the molecule is O=C(CSc1nnc(CCc2nc3ccccc3s2)o1)N1CCN(c2ncccn2)CC1. The van der Waals surface area contributed by atoms with Gasteiger partial charge in [0.2, 0.25) is 17.7 Å². The Morgan fingerprint density at radius 2 is 1.84 bits per heavy atom. The molecule has 3 aromatic heterocycles. The fourth-order valence-corrected chi connectivity index (χ4v) is 5.11. The predicted octanol–water partition coefficient (Wildman–Crippen LogP) is 2.70. The maximum atomic E-state index is 12.6. The molecule has 0 unspecified atom stereocenters. The zero-order valence-corrected chi connectivity index (χ0v) is 18.9. The summed E-state index contributed by atoms with van der Waals surface area (Å²) in [7, 11) is 0. The third kappa shape index (κ3) is 4.89. The summed E-state index contributed by atoms with van der Waals surface area (Å²) in [6.07, 6.45) is 4.84. The molecule has 11 heteroatoms. The highest BCUT2D eigenvalue weighted by molar-refractivity contribution is 7.99. The Labute approximate surface area is 192 Å². The number of hydrogen-bond donors (Lipinski definition) is 0. The first-order valence-corrected chi connectivity index (χ1v) is 12.1. The van der Waals surface area contributed by atoms with E-state index in [1.54, 1.807) is 29.8 Å². The quantitative estimate of drug-likeness (QED) is 0.380. The molecule has 1 aliphatic heterocycles. The molecule has 9 nitrogen and oxygen atoms in total. The normalized spacial score (nSPS) is 14.2. The summed E-state index contributed by atoms with van der Waals surface area (Å²) in [6, 6.07) is 9.90. The van der Waals surface area contributed by atoms with Crippen LogP contribution in [0.2, 0.25) is 0 Å². The summed E-state index contributed by atoms with van der Waals surface area (Å²) in [5.74, 6) is 1.62. The highest BCUT2D eigenvalue weighted by atomic mass is 32.2. The lowest BCUT2D eigenvalue weighted by Gasteiger charge is -2.34. The third-order valence-electron chi connectivity index (χ3n) is 5.13. The van der Waals surface area contributed by atoms with Crippen LogP contribution in [0, 0.1) is 0 Å². The van der Waals surface area contributed by atoms with Gasteiger partial charge in [0.1, 0.15) is 0 Å². The Kier molecular flexibility index (Phi) is 6.26. The molecular weight excluding hydrogens is 446 g/mol. The molecule has 0 spiro atoms. The van der Waals surface area contributed by atoms with Crippen LogP contribution in [0.15, 0.2) is 52.4 Å². The zero-order valence-electron chi connectivity index (χ0n) is 17.3. The highest BCUT2D eigenvalue weighted by Gasteiger charge is 2.23. The second kappa shape index (κ2) is 9.61. The maximum absolute atomic E-state index is 12.6. The molecule has 1 aliphatic rings. The number of rotatable bonds is 7. The van der Waals surface area contributed by atoms with Gasteiger partial charge in [-0.15, -0.1) is 21.5 Å². The van der Waals surface area contributed by atoms with E-state index in [1.165, 1.54) is 16.5 Å². The van der Waals surface area contributed by atoms with Gasteiger partial charge in [0, 0.05) is 51.4 Å². The van der Waals surface area contributed by atoms with E-state index in [2.05, 4.69) is 36.1 Å². The van der Waals surface area contributed by atoms with E-state index in [1.807, 2.05) is 23.1 Å². The van der Waals surface area contributed by atoms with Gasteiger partial charge in [-0.2, -0.15) is 0 Å². The van der Waals surface area contributed by atoms with Crippen molar-refractivity contribution < 1.29 is 9.21 Å². The van der Waals surface area contributed by atoms with Gasteiger partial charge in [0.15, 0.2) is 0 Å². The number of aryl methyl sites for hydroxylation is 2. The molecule has 32 heavy (non-hydrogen) atoms. The number of amides is 1. The topological polar surface area (TPSA) is 101 Å². The molecule has 5 rings (SSSR count). The van der Waals surface area contributed by atoms with E-state index in [0.29, 0.717) is 36.6 Å². The molecule has 4 aromatic rings. The van der Waals surface area contributed by atoms with Crippen molar-refractivity contribution in [3.63, 3.8) is 0 Å². The number of aromatic nitrogens is 5. The Bertz CT molecular complexity index is 1160. The fraction of sp³-hybridized carbons (Fsp3) is 0.333. The van der Waals surface area contributed by atoms with Crippen molar-refractivity contribution >= 4 is 45.2 Å². The molecule has 0 atom stereocenters. The molecule has 1 fully saturated rings. The van der Waals surface area contributed by atoms with Crippen LogP contribution in [0.3, 0.4) is 0 Å². The fourth-order valence-electron chi connectivity index (χ4n) is 3.46. The number of benzene rings is 1. The van der Waals surface area contributed by atoms with E-state index in [-0.39, 0.29) is 11.7 Å². The standard InChI is InChI=1S/C21H21N7O2S2/c29-19(27-10-12-28(13-11-27)20-22-8-3-9-23-20)14-31-21-26-25-17(30-21)6-7-18-24-15-4-1-2-5-16(15)32-18/h1-5,8-9H,6-7,10-14H2. The van der Waals surface area contributed by atoms with E-state index in [9.17, 15) is 4.79 Å². The van der Waals surface area contributed by atoms with Gasteiger partial charge in [0.05, 0.1) is 21.0 Å². The first-order chi connectivity index (χ1) is 15.7. The average molecular weight is 468 g/mol. The highest BCUT2D eigenvalue weighted by Crippen LogP contribution is 2.23. The largest absolute Gasteiger partial charge is 0.416 e. The number of fused-ring (bicyclic) bond motifs is 1. The molecule has 0 saturated carbocycles. The minimum absolute atomic E-state index is 0.0675. The van der Waals surface area contributed by atoms with E-state index >= 15 is 0 Å². The molecule has 0 bridgehead atoms. The van der Waals surface area contributed by atoms with E-state index in [4.69, 9.17) is 4.42 Å². The molecule has 0 radical (unpaired) electrons. The van der Waals surface area contributed by atoms with Crippen LogP contribution in [0.25, 0.3) is 10.2 Å². The summed E-state index contributed by atoms with van der Waals surface area (Å²) in [5, 5.41) is 9.66. The van der Waals surface area contributed by atoms with Gasteiger partial charge in [-0.3, -0.25) is 4.79 Å². The average Bonchev–Trinajstić information content (AvgIpc) is 3.48. The van der Waals surface area contributed by atoms with Gasteiger partial charge in [-0.05, 0) is 18.2 Å². The number of hydrogen-bond acceptors (Lipinski definition) is 10. The minimum Gasteiger partial charge on any atom is -0.416 e. The lowest BCUT2D eigenvalue weighted by Crippen LogP contribution is -2.49. The van der Waals surface area contributed by atoms with Crippen LogP contribution in [-0.2, 0) is 17.6 Å². The lowest BCUT2D eigenvalue weighted by molar-refractivity contribution is -0.128. The number of thiazole rings is 1. The van der Waals surface area contributed by atoms with Crippen LogP contribution >= 0.6 is 23.1 Å². The number of para-hydroxylation sites is 1. The summed E-state index contributed by atoms with van der Waals surface area (Å²) in [5.41, 5.74) is 1.02. The number of carbonyl (C=O) groups is 1. The molecule has 0 N–H and O–H groups in total. The zero-order chi connectivity index (χ0) is 21.8. The van der Waals surface area contributed by atoms with Gasteiger partial charge in [-0.1, -0.05) is 23.9 Å². The van der Waals surface area contributed by atoms with Gasteiger partial charge >= 0.3 is 0 Å². The molecule has 4 heterocycles. The van der Waals surface area contributed by atoms with Gasteiger partial charge in [-0.25, -0.2) is 15.0 Å². The Morgan fingerprint density at radius 3 is 2.66 bits per heavy atom. The summed E-state index contributed by atoms with van der Waals surface area (Å²) in [6.45, 7) is 2.73. The van der Waals surface area contributed by atoms with E-state index < -0.39 is 0 Å². The lowest BCUT2D eigenvalue weighted by atomic mass is 10.3. The number of piperazine rings is 1. The van der Waals surface area contributed by atoms with Crippen molar-refractivity contribution in [2.45, 2.75) is 18.1 Å². The first-order valence-electron chi connectivity index (χ1n) is 10.3. The van der Waals surface area contributed by atoms with Crippen molar-refractivity contribution in [3.05, 3.63) is 53.6 Å². The smallest absolute Gasteiger partial charge is 0.277 e. The van der Waals surface area contributed by atoms with Crippen LogP contribution in [0.1, 0.15) is 10.9 Å². The summed E-state index contributed by atoms with van der Waals surface area (Å²) in [4.78, 5) is 29.7. The predicted molar refractivity (Wildman–Crippen MR) is 123 cm³/mol. The number of thioether (sulfide) groups is 1. The van der Waals surface area contributed by atoms with Crippen LogP contribution in [0.4, 0.5) is 5.95 Å².